The van der Waals surface area contributed by atoms with Crippen molar-refractivity contribution >= 4 is 15.8 Å². The summed E-state index contributed by atoms with van der Waals surface area (Å²) in [7, 11) is -3.48. The number of hydrogen-bond acceptors (Lipinski definition) is 3. The van der Waals surface area contributed by atoms with E-state index in [2.05, 4.69) is 18.6 Å². The van der Waals surface area contributed by atoms with Crippen molar-refractivity contribution in [3.63, 3.8) is 0 Å². The van der Waals surface area contributed by atoms with Gasteiger partial charge in [-0.2, -0.15) is 0 Å². The first kappa shape index (κ1) is 16.7. The highest BCUT2D eigenvalue weighted by molar-refractivity contribution is 7.89. The summed E-state index contributed by atoms with van der Waals surface area (Å²) in [6.07, 6.45) is 3.41. The first-order valence-corrected chi connectivity index (χ1v) is 9.77. The highest BCUT2D eigenvalue weighted by Crippen LogP contribution is 2.65. The Morgan fingerprint density at radius 3 is 2.39 bits per heavy atom. The Bertz CT molecular complexity index is 725. The van der Waals surface area contributed by atoms with Gasteiger partial charge in [0, 0.05) is 18.4 Å². The van der Waals surface area contributed by atoms with Crippen molar-refractivity contribution < 1.29 is 13.2 Å². The molecule has 2 fully saturated rings. The van der Waals surface area contributed by atoms with E-state index in [9.17, 15) is 13.2 Å². The Labute approximate surface area is 138 Å². The van der Waals surface area contributed by atoms with Gasteiger partial charge in [0.25, 0.3) is 0 Å². The Morgan fingerprint density at radius 1 is 1.22 bits per heavy atom. The molecule has 1 aromatic carbocycles. The first-order valence-electron chi connectivity index (χ1n) is 8.29. The summed E-state index contributed by atoms with van der Waals surface area (Å²) >= 11 is 0. The van der Waals surface area contributed by atoms with Gasteiger partial charge >= 0.3 is 0 Å². The van der Waals surface area contributed by atoms with Crippen molar-refractivity contribution in [3.8, 4) is 0 Å². The fourth-order valence-corrected chi connectivity index (χ4v) is 5.51. The van der Waals surface area contributed by atoms with Gasteiger partial charge in [-0.1, -0.05) is 31.5 Å². The Balaban J connectivity index is 1.68. The van der Waals surface area contributed by atoms with Crippen LogP contribution < -0.4 is 4.72 Å². The van der Waals surface area contributed by atoms with E-state index in [0.29, 0.717) is 36.0 Å². The average molecular weight is 335 g/mol. The van der Waals surface area contributed by atoms with Gasteiger partial charge in [-0.05, 0) is 49.7 Å². The van der Waals surface area contributed by atoms with Crippen LogP contribution in [-0.4, -0.2) is 20.7 Å². The van der Waals surface area contributed by atoms with Crippen LogP contribution in [0.25, 0.3) is 0 Å². The first-order chi connectivity index (χ1) is 10.7. The molecule has 0 spiro atoms. The van der Waals surface area contributed by atoms with Gasteiger partial charge in [-0.3, -0.25) is 4.79 Å². The van der Waals surface area contributed by atoms with Gasteiger partial charge in [-0.25, -0.2) is 13.1 Å². The number of nitrogens with one attached hydrogen (secondary N) is 1. The minimum atomic E-state index is -3.48. The predicted molar refractivity (Wildman–Crippen MR) is 89.5 cm³/mol. The van der Waals surface area contributed by atoms with Crippen LogP contribution in [-0.2, 0) is 14.8 Å². The minimum absolute atomic E-state index is 0.0835. The van der Waals surface area contributed by atoms with E-state index in [-0.39, 0.29) is 10.8 Å². The lowest BCUT2D eigenvalue weighted by molar-refractivity contribution is -0.128. The molecule has 2 bridgehead atoms. The van der Waals surface area contributed by atoms with Crippen molar-refractivity contribution in [2.45, 2.75) is 51.3 Å². The van der Waals surface area contributed by atoms with Crippen molar-refractivity contribution in [2.75, 3.05) is 6.54 Å². The van der Waals surface area contributed by atoms with Crippen LogP contribution in [0, 0.1) is 23.7 Å². The molecule has 0 unspecified atom stereocenters. The molecule has 0 heterocycles. The van der Waals surface area contributed by atoms with Crippen molar-refractivity contribution in [1.82, 2.24) is 4.72 Å². The van der Waals surface area contributed by atoms with Crippen LogP contribution in [0.3, 0.4) is 0 Å². The Kier molecular flexibility index (Phi) is 3.92. The molecule has 0 aromatic heterocycles. The van der Waals surface area contributed by atoms with Crippen molar-refractivity contribution in [3.05, 3.63) is 29.8 Å². The van der Waals surface area contributed by atoms with E-state index in [0.717, 1.165) is 18.4 Å². The Hall–Kier alpha value is -1.20. The monoisotopic (exact) mass is 335 g/mol. The number of Topliss-reactive ketones (excluding diaryl/α,β-unsaturated/α-hetero) is 1. The number of ketones is 1. The second-order valence-electron chi connectivity index (χ2n) is 7.57. The highest BCUT2D eigenvalue weighted by Gasteiger charge is 2.63. The fourth-order valence-electron chi connectivity index (χ4n) is 4.48. The van der Waals surface area contributed by atoms with E-state index in [1.807, 2.05) is 6.92 Å². The number of carbonyl (C=O) groups excluding carboxylic acids is 1. The lowest BCUT2D eigenvalue weighted by Crippen LogP contribution is -2.38. The molecule has 3 atom stereocenters. The normalized spacial score (nSPS) is 33.3. The zero-order valence-corrected chi connectivity index (χ0v) is 14.9. The number of carbonyl (C=O) groups is 1. The van der Waals surface area contributed by atoms with E-state index in [1.54, 1.807) is 24.3 Å². The van der Waals surface area contributed by atoms with Crippen LogP contribution in [0.15, 0.2) is 29.2 Å². The molecule has 0 radical (unpaired) electrons. The van der Waals surface area contributed by atoms with Crippen LogP contribution >= 0.6 is 0 Å². The average Bonchev–Trinajstić information content (AvgIpc) is 2.83. The van der Waals surface area contributed by atoms with Gasteiger partial charge in [0.15, 0.2) is 0 Å². The summed E-state index contributed by atoms with van der Waals surface area (Å²) in [5, 5.41) is 0. The number of benzene rings is 1. The second-order valence-corrected chi connectivity index (χ2v) is 9.34. The van der Waals surface area contributed by atoms with Gasteiger partial charge in [0.1, 0.15) is 5.78 Å². The fraction of sp³-hybridized carbons (Fsp3) is 0.611. The van der Waals surface area contributed by atoms with Crippen LogP contribution in [0.4, 0.5) is 0 Å². The number of aryl methyl sites for hydroxylation is 1. The molecule has 4 nitrogen and oxygen atoms in total. The molecule has 0 amide bonds. The highest BCUT2D eigenvalue weighted by atomic mass is 32.2. The molecule has 1 aromatic rings. The second kappa shape index (κ2) is 5.42. The largest absolute Gasteiger partial charge is 0.299 e. The lowest BCUT2D eigenvalue weighted by atomic mass is 9.67. The molecular weight excluding hydrogens is 310 g/mol. The third kappa shape index (κ3) is 2.54. The predicted octanol–water partition coefficient (Wildman–Crippen LogP) is 3.06. The molecule has 2 saturated carbocycles. The lowest BCUT2D eigenvalue weighted by Gasteiger charge is -2.36. The topological polar surface area (TPSA) is 63.2 Å². The number of sulfonamides is 1. The van der Waals surface area contributed by atoms with E-state index < -0.39 is 10.0 Å². The van der Waals surface area contributed by atoms with Crippen molar-refractivity contribution in [2.24, 2.45) is 16.7 Å². The molecule has 2 aliphatic rings. The van der Waals surface area contributed by atoms with Crippen LogP contribution in [0.5, 0.6) is 0 Å². The SMILES string of the molecule is Cc1ccc(S(=O)(=O)NCC[C@@]2(C)[C@H]3CC[C@]2(C)C(=O)C3)cc1. The van der Waals surface area contributed by atoms with E-state index >= 15 is 0 Å². The summed E-state index contributed by atoms with van der Waals surface area (Å²) in [6, 6.07) is 6.85. The van der Waals surface area contributed by atoms with Gasteiger partial charge in [0.2, 0.25) is 10.0 Å². The maximum atomic E-state index is 12.4. The molecule has 2 aliphatic carbocycles. The van der Waals surface area contributed by atoms with Crippen LogP contribution in [0.1, 0.15) is 45.1 Å². The summed E-state index contributed by atoms with van der Waals surface area (Å²) in [5.41, 5.74) is 0.678. The molecule has 3 rings (SSSR count). The van der Waals surface area contributed by atoms with E-state index in [4.69, 9.17) is 0 Å². The van der Waals surface area contributed by atoms with Gasteiger partial charge in [-0.15, -0.1) is 0 Å². The maximum Gasteiger partial charge on any atom is 0.240 e. The molecule has 1 N–H and O–H groups in total. The number of rotatable bonds is 5. The molecule has 0 aliphatic heterocycles. The van der Waals surface area contributed by atoms with E-state index in [1.165, 1.54) is 0 Å². The third-order valence-electron chi connectivity index (χ3n) is 6.47. The summed E-state index contributed by atoms with van der Waals surface area (Å²) in [4.78, 5) is 12.5. The quantitative estimate of drug-likeness (QED) is 0.899. The molecular formula is C18H25NO3S. The summed E-state index contributed by atoms with van der Waals surface area (Å²) in [5.74, 6) is 0.765. The maximum absolute atomic E-state index is 12.4. The Morgan fingerprint density at radius 2 is 1.87 bits per heavy atom. The summed E-state index contributed by atoms with van der Waals surface area (Å²) in [6.45, 7) is 6.54. The van der Waals surface area contributed by atoms with Gasteiger partial charge in [0.05, 0.1) is 4.90 Å². The molecule has 0 saturated heterocycles. The smallest absolute Gasteiger partial charge is 0.240 e. The zero-order chi connectivity index (χ0) is 16.9. The summed E-state index contributed by atoms with van der Waals surface area (Å²) < 4.78 is 27.4. The third-order valence-corrected chi connectivity index (χ3v) is 7.95. The van der Waals surface area contributed by atoms with Crippen molar-refractivity contribution in [1.29, 1.82) is 0 Å². The molecule has 126 valence electrons. The van der Waals surface area contributed by atoms with Gasteiger partial charge < -0.3 is 0 Å². The standard InChI is InChI=1S/C18H25NO3S/c1-13-4-6-15(7-5-13)23(21,22)19-11-10-17(2)14-8-9-18(17,3)16(20)12-14/h4-7,14,19H,8-12H2,1-3H3/t14-,17-,18+/m0/s1. The van der Waals surface area contributed by atoms with Crippen LogP contribution in [0.2, 0.25) is 0 Å². The number of hydrogen-bond donors (Lipinski definition) is 1. The molecule has 23 heavy (non-hydrogen) atoms. The minimum Gasteiger partial charge on any atom is -0.299 e. The number of fused-ring (bicyclic) bond motifs is 2. The zero-order valence-electron chi connectivity index (χ0n) is 14.1. The molecule has 5 heteroatoms.